The molecular formula is C27H16N2. The molecule has 0 saturated heterocycles. The molecule has 0 unspecified atom stereocenters. The van der Waals surface area contributed by atoms with Crippen molar-refractivity contribution in [3.05, 3.63) is 97.2 Å². The van der Waals surface area contributed by atoms with Crippen LogP contribution in [0.15, 0.2) is 97.2 Å². The SMILES string of the molecule is c1ccc(-c2cc3c4ccccc4n4c5cc6ccccc6cc5c(c2)c34)nc1. The lowest BCUT2D eigenvalue weighted by molar-refractivity contribution is 1.33. The highest BCUT2D eigenvalue weighted by Gasteiger charge is 2.19. The van der Waals surface area contributed by atoms with Crippen LogP contribution >= 0.6 is 0 Å². The van der Waals surface area contributed by atoms with Gasteiger partial charge in [-0.1, -0.05) is 48.5 Å². The number of pyridine rings is 1. The van der Waals surface area contributed by atoms with Crippen LogP contribution in [0, 0.1) is 0 Å². The average Bonchev–Trinajstić information content (AvgIpc) is 3.29. The van der Waals surface area contributed by atoms with Crippen molar-refractivity contribution in [3.63, 3.8) is 0 Å². The predicted molar refractivity (Wildman–Crippen MR) is 122 cm³/mol. The highest BCUT2D eigenvalue weighted by Crippen LogP contribution is 2.42. The Balaban J connectivity index is 1.77. The largest absolute Gasteiger partial charge is 0.308 e. The van der Waals surface area contributed by atoms with Crippen molar-refractivity contribution in [1.82, 2.24) is 9.38 Å². The number of para-hydroxylation sites is 1. The third kappa shape index (κ3) is 1.93. The molecule has 0 N–H and O–H groups in total. The van der Waals surface area contributed by atoms with Gasteiger partial charge in [0.15, 0.2) is 0 Å². The molecule has 0 aliphatic rings. The third-order valence-corrected chi connectivity index (χ3v) is 6.12. The van der Waals surface area contributed by atoms with Crippen molar-refractivity contribution in [2.24, 2.45) is 0 Å². The van der Waals surface area contributed by atoms with Gasteiger partial charge >= 0.3 is 0 Å². The summed E-state index contributed by atoms with van der Waals surface area (Å²) in [5.74, 6) is 0. The molecule has 2 nitrogen and oxygen atoms in total. The number of fused-ring (bicyclic) bond motifs is 7. The molecule has 4 aromatic carbocycles. The first kappa shape index (κ1) is 15.1. The van der Waals surface area contributed by atoms with Gasteiger partial charge in [-0.25, -0.2) is 0 Å². The number of rotatable bonds is 1. The minimum atomic E-state index is 1.01. The van der Waals surface area contributed by atoms with E-state index in [1.54, 1.807) is 0 Å². The van der Waals surface area contributed by atoms with Gasteiger partial charge in [0.1, 0.15) is 0 Å². The summed E-state index contributed by atoms with van der Waals surface area (Å²) in [6.07, 6.45) is 1.86. The van der Waals surface area contributed by atoms with Crippen LogP contribution < -0.4 is 0 Å². The molecule has 29 heavy (non-hydrogen) atoms. The number of hydrogen-bond donors (Lipinski definition) is 0. The fraction of sp³-hybridized carbons (Fsp3) is 0. The summed E-state index contributed by atoms with van der Waals surface area (Å²) >= 11 is 0. The van der Waals surface area contributed by atoms with E-state index >= 15 is 0 Å². The number of nitrogens with zero attached hydrogens (tertiary/aromatic N) is 2. The van der Waals surface area contributed by atoms with Gasteiger partial charge in [0.25, 0.3) is 0 Å². The summed E-state index contributed by atoms with van der Waals surface area (Å²) in [4.78, 5) is 4.61. The summed E-state index contributed by atoms with van der Waals surface area (Å²) in [7, 11) is 0. The highest BCUT2D eigenvalue weighted by molar-refractivity contribution is 6.25. The second-order valence-corrected chi connectivity index (χ2v) is 7.70. The lowest BCUT2D eigenvalue weighted by atomic mass is 10.0. The van der Waals surface area contributed by atoms with E-state index in [1.165, 1.54) is 48.9 Å². The molecule has 0 aliphatic carbocycles. The van der Waals surface area contributed by atoms with Crippen molar-refractivity contribution in [1.29, 1.82) is 0 Å². The molecule has 0 bridgehead atoms. The molecule has 0 fully saturated rings. The van der Waals surface area contributed by atoms with Crippen molar-refractivity contribution >= 4 is 48.9 Å². The van der Waals surface area contributed by atoms with Gasteiger partial charge in [0.2, 0.25) is 0 Å². The Bertz CT molecular complexity index is 1690. The standard InChI is InChI=1S/C27H16N2/c1-2-8-18-16-26-21(13-17(18)7-1)23-15-19(24-10-5-6-12-28-24)14-22-20-9-3-4-11-25(20)29(26)27(22)23/h1-16H. The zero-order valence-electron chi connectivity index (χ0n) is 15.6. The Kier molecular flexibility index (Phi) is 2.77. The van der Waals surface area contributed by atoms with E-state index in [0.717, 1.165) is 11.3 Å². The Labute approximate surface area is 167 Å². The van der Waals surface area contributed by atoms with E-state index in [1.807, 2.05) is 12.3 Å². The van der Waals surface area contributed by atoms with Gasteiger partial charge in [-0.05, 0) is 53.2 Å². The Hall–Kier alpha value is -3.91. The first-order chi connectivity index (χ1) is 14.4. The van der Waals surface area contributed by atoms with Crippen LogP contribution in [0.2, 0.25) is 0 Å². The van der Waals surface area contributed by atoms with Crippen LogP contribution in [0.3, 0.4) is 0 Å². The molecule has 0 spiro atoms. The van der Waals surface area contributed by atoms with E-state index < -0.39 is 0 Å². The van der Waals surface area contributed by atoms with Gasteiger partial charge in [0.05, 0.1) is 22.2 Å². The molecule has 0 aliphatic heterocycles. The van der Waals surface area contributed by atoms with Crippen LogP contribution in [0.25, 0.3) is 60.1 Å². The first-order valence-corrected chi connectivity index (χ1v) is 9.91. The molecule has 0 radical (unpaired) electrons. The normalized spacial score (nSPS) is 12.1. The fourth-order valence-electron chi connectivity index (χ4n) is 4.86. The molecule has 7 aromatic rings. The van der Waals surface area contributed by atoms with E-state index in [2.05, 4.69) is 94.3 Å². The maximum absolute atomic E-state index is 4.61. The zero-order chi connectivity index (χ0) is 18.9. The topological polar surface area (TPSA) is 17.3 Å². The van der Waals surface area contributed by atoms with Crippen molar-refractivity contribution in [2.75, 3.05) is 0 Å². The zero-order valence-corrected chi connectivity index (χ0v) is 15.6. The second kappa shape index (κ2) is 5.33. The van der Waals surface area contributed by atoms with Crippen LogP contribution in [0.4, 0.5) is 0 Å². The number of benzene rings is 4. The van der Waals surface area contributed by atoms with Crippen LogP contribution in [-0.4, -0.2) is 9.38 Å². The number of hydrogen-bond acceptors (Lipinski definition) is 1. The number of aromatic nitrogens is 2. The molecule has 0 saturated carbocycles. The van der Waals surface area contributed by atoms with Gasteiger partial charge in [0, 0.05) is 33.3 Å². The predicted octanol–water partition coefficient (Wildman–Crippen LogP) is 7.05. The maximum Gasteiger partial charge on any atom is 0.0702 e. The Morgan fingerprint density at radius 2 is 1.28 bits per heavy atom. The monoisotopic (exact) mass is 368 g/mol. The smallest absolute Gasteiger partial charge is 0.0702 e. The van der Waals surface area contributed by atoms with Crippen LogP contribution in [-0.2, 0) is 0 Å². The first-order valence-electron chi connectivity index (χ1n) is 9.91. The molecule has 3 heterocycles. The summed E-state index contributed by atoms with van der Waals surface area (Å²) in [5.41, 5.74) is 6.00. The molecule has 134 valence electrons. The Morgan fingerprint density at radius 3 is 2.10 bits per heavy atom. The van der Waals surface area contributed by atoms with Crippen LogP contribution in [0.5, 0.6) is 0 Å². The maximum atomic E-state index is 4.61. The minimum Gasteiger partial charge on any atom is -0.308 e. The van der Waals surface area contributed by atoms with E-state index in [0.29, 0.717) is 0 Å². The second-order valence-electron chi connectivity index (χ2n) is 7.70. The quantitative estimate of drug-likeness (QED) is 0.303. The van der Waals surface area contributed by atoms with E-state index in [9.17, 15) is 0 Å². The molecule has 2 heteroatoms. The summed E-state index contributed by atoms with van der Waals surface area (Å²) in [6, 6.07) is 32.7. The lowest BCUT2D eigenvalue weighted by Crippen LogP contribution is -1.82. The van der Waals surface area contributed by atoms with Crippen molar-refractivity contribution in [2.45, 2.75) is 0 Å². The molecule has 0 amide bonds. The van der Waals surface area contributed by atoms with Crippen molar-refractivity contribution < 1.29 is 0 Å². The van der Waals surface area contributed by atoms with Gasteiger partial charge in [-0.2, -0.15) is 0 Å². The lowest BCUT2D eigenvalue weighted by Gasteiger charge is -2.04. The molecule has 0 atom stereocenters. The average molecular weight is 368 g/mol. The van der Waals surface area contributed by atoms with E-state index in [-0.39, 0.29) is 0 Å². The molecule has 7 rings (SSSR count). The molecular weight excluding hydrogens is 352 g/mol. The fourth-order valence-corrected chi connectivity index (χ4v) is 4.86. The molecule has 3 aromatic heterocycles. The highest BCUT2D eigenvalue weighted by atomic mass is 14.9. The van der Waals surface area contributed by atoms with Crippen molar-refractivity contribution in [3.8, 4) is 11.3 Å². The Morgan fingerprint density at radius 1 is 0.552 bits per heavy atom. The third-order valence-electron chi connectivity index (χ3n) is 6.12. The summed E-state index contributed by atoms with van der Waals surface area (Å²) < 4.78 is 2.43. The summed E-state index contributed by atoms with van der Waals surface area (Å²) in [6.45, 7) is 0. The van der Waals surface area contributed by atoms with Gasteiger partial charge < -0.3 is 4.40 Å². The van der Waals surface area contributed by atoms with Gasteiger partial charge in [-0.3, -0.25) is 4.98 Å². The van der Waals surface area contributed by atoms with Crippen LogP contribution in [0.1, 0.15) is 0 Å². The van der Waals surface area contributed by atoms with Gasteiger partial charge in [-0.15, -0.1) is 0 Å². The van der Waals surface area contributed by atoms with E-state index in [4.69, 9.17) is 0 Å². The minimum absolute atomic E-state index is 1.01. The summed E-state index contributed by atoms with van der Waals surface area (Å²) in [5, 5.41) is 7.72.